The van der Waals surface area contributed by atoms with Crippen LogP contribution in [0.15, 0.2) is 54.6 Å². The number of nitrogens with one attached hydrogen (secondary N) is 1. The number of nitrogens with zero attached hydrogens (tertiary/aromatic N) is 3. The number of benzene rings is 2. The fourth-order valence-corrected chi connectivity index (χ4v) is 5.62. The van der Waals surface area contributed by atoms with Gasteiger partial charge in [0, 0.05) is 18.8 Å². The van der Waals surface area contributed by atoms with Crippen LogP contribution < -0.4 is 0 Å². The molecular formula is C28H36N4O2. The van der Waals surface area contributed by atoms with Gasteiger partial charge in [-0.05, 0) is 73.6 Å². The molecule has 180 valence electrons. The Morgan fingerprint density at radius 3 is 2.62 bits per heavy atom. The van der Waals surface area contributed by atoms with Gasteiger partial charge >= 0.3 is 0 Å². The Balaban J connectivity index is 1.34. The number of aryl methyl sites for hydroxylation is 2. The summed E-state index contributed by atoms with van der Waals surface area (Å²) in [6, 6.07) is 18.1. The number of hydrogen-bond acceptors (Lipinski definition) is 5. The highest BCUT2D eigenvalue weighted by molar-refractivity contribution is 5.84. The van der Waals surface area contributed by atoms with Crippen LogP contribution in [-0.4, -0.2) is 31.5 Å². The van der Waals surface area contributed by atoms with Gasteiger partial charge in [0.15, 0.2) is 5.82 Å². The van der Waals surface area contributed by atoms with Gasteiger partial charge in [-0.2, -0.15) is 5.21 Å². The molecule has 2 N–H and O–H groups in total. The summed E-state index contributed by atoms with van der Waals surface area (Å²) < 4.78 is 0. The number of carbonyl (C=O) groups is 1. The minimum atomic E-state index is 0.0666. The Morgan fingerprint density at radius 2 is 1.82 bits per heavy atom. The standard InChI is InChI=1S/C28H36N4O2/c33-24-15-9-14-23(20-24)25(16-8-12-21-10-4-3-5-11-21)28-22(18-19-26(28)34)13-6-1-2-7-17-27-29-31-32-30-27/h3-5,9-11,14-15,20,22,25,28,33H,1-2,6-8,12-13,16-19H2,(H,29,30,31,32)/t22-,25?,28+/m0/s1. The van der Waals surface area contributed by atoms with Gasteiger partial charge in [-0.15, -0.1) is 10.2 Å². The number of aromatic nitrogens is 4. The highest BCUT2D eigenvalue weighted by Gasteiger charge is 2.40. The number of hydrogen-bond donors (Lipinski definition) is 2. The zero-order chi connectivity index (χ0) is 23.6. The predicted octanol–water partition coefficient (Wildman–Crippen LogP) is 5.80. The SMILES string of the molecule is O=C1CC[C@H](CCCCCCc2nn[nH]n2)[C@@H]1C(CCCc1ccccc1)c1cccc(O)c1. The molecular weight excluding hydrogens is 424 g/mol. The smallest absolute Gasteiger partial charge is 0.174 e. The molecule has 4 rings (SSSR count). The highest BCUT2D eigenvalue weighted by atomic mass is 16.3. The number of phenolic OH excluding ortho intramolecular Hbond substituents is 1. The molecule has 3 atom stereocenters. The molecule has 6 heteroatoms. The first kappa shape index (κ1) is 24.1. The van der Waals surface area contributed by atoms with Crippen molar-refractivity contribution in [2.24, 2.45) is 11.8 Å². The first-order chi connectivity index (χ1) is 16.7. The number of unbranched alkanes of at least 4 members (excludes halogenated alkanes) is 3. The van der Waals surface area contributed by atoms with Crippen molar-refractivity contribution in [3.63, 3.8) is 0 Å². The molecule has 1 aliphatic rings. The van der Waals surface area contributed by atoms with E-state index in [2.05, 4.69) is 51.0 Å². The predicted molar refractivity (Wildman–Crippen MR) is 132 cm³/mol. The third-order valence-electron chi connectivity index (χ3n) is 7.31. The van der Waals surface area contributed by atoms with Crippen LogP contribution in [0.5, 0.6) is 5.75 Å². The van der Waals surface area contributed by atoms with Crippen LogP contribution in [0.2, 0.25) is 0 Å². The zero-order valence-electron chi connectivity index (χ0n) is 19.9. The number of aromatic amines is 1. The van der Waals surface area contributed by atoms with E-state index in [4.69, 9.17) is 0 Å². The highest BCUT2D eigenvalue weighted by Crippen LogP contribution is 2.44. The van der Waals surface area contributed by atoms with Crippen LogP contribution in [0.4, 0.5) is 0 Å². The van der Waals surface area contributed by atoms with E-state index >= 15 is 0 Å². The number of tetrazole rings is 1. The largest absolute Gasteiger partial charge is 0.508 e. The number of aromatic hydroxyl groups is 1. The second kappa shape index (κ2) is 12.4. The third kappa shape index (κ3) is 6.75. The van der Waals surface area contributed by atoms with Gasteiger partial charge in [0.25, 0.3) is 0 Å². The molecule has 0 aliphatic heterocycles. The normalized spacial score (nSPS) is 18.9. The lowest BCUT2D eigenvalue weighted by Gasteiger charge is -2.28. The van der Waals surface area contributed by atoms with E-state index in [9.17, 15) is 9.90 Å². The van der Waals surface area contributed by atoms with E-state index in [0.29, 0.717) is 18.1 Å². The maximum absolute atomic E-state index is 13.1. The number of Topliss-reactive ketones (excluding diaryl/α,β-unsaturated/α-hetero) is 1. The van der Waals surface area contributed by atoms with Crippen molar-refractivity contribution in [3.8, 4) is 5.75 Å². The monoisotopic (exact) mass is 460 g/mol. The van der Waals surface area contributed by atoms with Crippen molar-refractivity contribution in [2.45, 2.75) is 76.5 Å². The minimum absolute atomic E-state index is 0.0666. The first-order valence-corrected chi connectivity index (χ1v) is 12.8. The second-order valence-electron chi connectivity index (χ2n) is 9.65. The van der Waals surface area contributed by atoms with Crippen molar-refractivity contribution in [3.05, 3.63) is 71.5 Å². The lowest BCUT2D eigenvalue weighted by Crippen LogP contribution is -2.24. The molecule has 0 saturated heterocycles. The van der Waals surface area contributed by atoms with E-state index in [-0.39, 0.29) is 17.6 Å². The Bertz CT molecular complexity index is 1010. The molecule has 0 radical (unpaired) electrons. The molecule has 34 heavy (non-hydrogen) atoms. The fraction of sp³-hybridized carbons (Fsp3) is 0.500. The summed E-state index contributed by atoms with van der Waals surface area (Å²) in [6.07, 6.45) is 11.2. The molecule has 0 spiro atoms. The lowest BCUT2D eigenvalue weighted by molar-refractivity contribution is -0.122. The van der Waals surface area contributed by atoms with E-state index in [1.807, 2.05) is 18.2 Å². The molecule has 6 nitrogen and oxygen atoms in total. The molecule has 1 unspecified atom stereocenters. The van der Waals surface area contributed by atoms with Crippen LogP contribution in [0, 0.1) is 11.8 Å². The van der Waals surface area contributed by atoms with Gasteiger partial charge in [-0.1, -0.05) is 66.9 Å². The molecule has 1 saturated carbocycles. The van der Waals surface area contributed by atoms with Gasteiger partial charge in [0.05, 0.1) is 0 Å². The number of rotatable bonds is 13. The molecule has 3 aromatic rings. The van der Waals surface area contributed by atoms with Gasteiger partial charge in [0.2, 0.25) is 0 Å². The number of phenols is 1. The Morgan fingerprint density at radius 1 is 0.971 bits per heavy atom. The molecule has 1 aromatic heterocycles. The number of carbonyl (C=O) groups excluding carboxylic acids is 1. The van der Waals surface area contributed by atoms with Crippen LogP contribution in [-0.2, 0) is 17.6 Å². The number of H-pyrrole nitrogens is 1. The van der Waals surface area contributed by atoms with Gasteiger partial charge in [0.1, 0.15) is 11.5 Å². The summed E-state index contributed by atoms with van der Waals surface area (Å²) in [5.74, 6) is 2.16. The van der Waals surface area contributed by atoms with Gasteiger partial charge in [-0.25, -0.2) is 0 Å². The molecule has 1 aliphatic carbocycles. The average molecular weight is 461 g/mol. The van der Waals surface area contributed by atoms with E-state index in [1.165, 1.54) is 12.0 Å². The summed E-state index contributed by atoms with van der Waals surface area (Å²) in [6.45, 7) is 0. The summed E-state index contributed by atoms with van der Waals surface area (Å²) in [5.41, 5.74) is 2.45. The first-order valence-electron chi connectivity index (χ1n) is 12.8. The summed E-state index contributed by atoms with van der Waals surface area (Å²) in [7, 11) is 0. The maximum Gasteiger partial charge on any atom is 0.174 e. The molecule has 0 amide bonds. The van der Waals surface area contributed by atoms with Gasteiger partial charge < -0.3 is 5.11 Å². The quantitative estimate of drug-likeness (QED) is 0.315. The number of ketones is 1. The second-order valence-corrected chi connectivity index (χ2v) is 9.65. The van der Waals surface area contributed by atoms with Crippen LogP contribution in [0.25, 0.3) is 0 Å². The summed E-state index contributed by atoms with van der Waals surface area (Å²) in [5, 5.41) is 24.3. The molecule has 1 heterocycles. The summed E-state index contributed by atoms with van der Waals surface area (Å²) >= 11 is 0. The van der Waals surface area contributed by atoms with Crippen LogP contribution in [0.1, 0.15) is 80.7 Å². The Hall–Kier alpha value is -3.02. The molecule has 1 fully saturated rings. The van der Waals surface area contributed by atoms with Crippen molar-refractivity contribution in [1.29, 1.82) is 0 Å². The topological polar surface area (TPSA) is 91.8 Å². The van der Waals surface area contributed by atoms with Crippen LogP contribution in [0.3, 0.4) is 0 Å². The fourth-order valence-electron chi connectivity index (χ4n) is 5.62. The van der Waals surface area contributed by atoms with Crippen molar-refractivity contribution < 1.29 is 9.90 Å². The van der Waals surface area contributed by atoms with Gasteiger partial charge in [-0.3, -0.25) is 4.79 Å². The molecule has 2 aromatic carbocycles. The maximum atomic E-state index is 13.1. The van der Waals surface area contributed by atoms with E-state index in [0.717, 1.165) is 69.2 Å². The zero-order valence-corrected chi connectivity index (χ0v) is 19.9. The van der Waals surface area contributed by atoms with Crippen molar-refractivity contribution in [1.82, 2.24) is 20.6 Å². The summed E-state index contributed by atoms with van der Waals surface area (Å²) in [4.78, 5) is 13.1. The van der Waals surface area contributed by atoms with Crippen LogP contribution >= 0.6 is 0 Å². The van der Waals surface area contributed by atoms with Crippen molar-refractivity contribution >= 4 is 5.78 Å². The Labute approximate surface area is 202 Å². The third-order valence-corrected chi connectivity index (χ3v) is 7.31. The van der Waals surface area contributed by atoms with E-state index < -0.39 is 0 Å². The Kier molecular flexibility index (Phi) is 8.83. The average Bonchev–Trinajstić information content (AvgIpc) is 3.50. The minimum Gasteiger partial charge on any atom is -0.508 e. The molecule has 0 bridgehead atoms. The van der Waals surface area contributed by atoms with E-state index in [1.54, 1.807) is 6.07 Å². The lowest BCUT2D eigenvalue weighted by atomic mass is 9.75. The van der Waals surface area contributed by atoms with Crippen molar-refractivity contribution in [2.75, 3.05) is 0 Å².